The number of hydrazone groups is 1. The van der Waals surface area contributed by atoms with Gasteiger partial charge in [0.05, 0.1) is 17.8 Å². The highest BCUT2D eigenvalue weighted by atomic mass is 35.5. The van der Waals surface area contributed by atoms with Crippen molar-refractivity contribution < 1.29 is 9.47 Å². The predicted molar refractivity (Wildman–Crippen MR) is 106 cm³/mol. The maximum Gasteiger partial charge on any atom is 0.184 e. The standard InChI is InChI=1S/C17H17Cl2N3O2S/c1-2-23-15-8-11(9-21-22-17(20)25)7-14(19)16(15)24-10-12-5-3-4-6-13(12)18/h3-9H,2,10H2,1H3,(H3,20,22,25). The largest absolute Gasteiger partial charge is 0.490 e. The molecule has 0 heterocycles. The number of nitrogens with two attached hydrogens (primary N) is 1. The van der Waals surface area contributed by atoms with Gasteiger partial charge in [0, 0.05) is 10.6 Å². The fraction of sp³-hybridized carbons (Fsp3) is 0.176. The molecule has 0 aliphatic carbocycles. The zero-order valence-corrected chi connectivity index (χ0v) is 15.8. The van der Waals surface area contributed by atoms with Gasteiger partial charge in [0.1, 0.15) is 6.61 Å². The van der Waals surface area contributed by atoms with Crippen molar-refractivity contribution in [1.29, 1.82) is 0 Å². The molecule has 2 aromatic rings. The van der Waals surface area contributed by atoms with E-state index in [1.165, 1.54) is 6.21 Å². The Labute approximate surface area is 161 Å². The number of thiocarbonyl (C=S) groups is 1. The monoisotopic (exact) mass is 397 g/mol. The fourth-order valence-corrected chi connectivity index (χ4v) is 2.52. The third-order valence-corrected chi connectivity index (χ3v) is 3.79. The summed E-state index contributed by atoms with van der Waals surface area (Å²) in [6.07, 6.45) is 1.53. The second-order valence-corrected chi connectivity index (χ2v) is 6.13. The van der Waals surface area contributed by atoms with E-state index in [9.17, 15) is 0 Å². The minimum absolute atomic E-state index is 0.0760. The molecule has 5 nitrogen and oxygen atoms in total. The Bertz CT molecular complexity index is 784. The summed E-state index contributed by atoms with van der Waals surface area (Å²) in [6.45, 7) is 2.61. The first-order chi connectivity index (χ1) is 12.0. The molecule has 0 radical (unpaired) electrons. The van der Waals surface area contributed by atoms with E-state index in [-0.39, 0.29) is 11.7 Å². The highest BCUT2D eigenvalue weighted by Gasteiger charge is 2.13. The van der Waals surface area contributed by atoms with Gasteiger partial charge in [-0.2, -0.15) is 5.10 Å². The first-order valence-electron chi connectivity index (χ1n) is 7.42. The van der Waals surface area contributed by atoms with Crippen molar-refractivity contribution in [2.24, 2.45) is 10.8 Å². The maximum atomic E-state index is 6.35. The first-order valence-corrected chi connectivity index (χ1v) is 8.58. The van der Waals surface area contributed by atoms with Crippen LogP contribution in [0.4, 0.5) is 0 Å². The van der Waals surface area contributed by atoms with Gasteiger partial charge in [0.15, 0.2) is 16.6 Å². The van der Waals surface area contributed by atoms with Gasteiger partial charge in [-0.25, -0.2) is 0 Å². The van der Waals surface area contributed by atoms with Gasteiger partial charge in [0.25, 0.3) is 0 Å². The van der Waals surface area contributed by atoms with Crippen LogP contribution >= 0.6 is 35.4 Å². The van der Waals surface area contributed by atoms with Gasteiger partial charge in [-0.3, -0.25) is 5.43 Å². The summed E-state index contributed by atoms with van der Waals surface area (Å²) in [7, 11) is 0. The average Bonchev–Trinajstić information content (AvgIpc) is 2.55. The van der Waals surface area contributed by atoms with Gasteiger partial charge in [0.2, 0.25) is 0 Å². The van der Waals surface area contributed by atoms with E-state index in [1.807, 2.05) is 25.1 Å². The number of ether oxygens (including phenoxy) is 2. The van der Waals surface area contributed by atoms with Crippen molar-refractivity contribution in [3.63, 3.8) is 0 Å². The third kappa shape index (κ3) is 5.77. The second-order valence-electron chi connectivity index (χ2n) is 4.88. The van der Waals surface area contributed by atoms with Crippen molar-refractivity contribution in [2.75, 3.05) is 6.61 Å². The summed E-state index contributed by atoms with van der Waals surface area (Å²) < 4.78 is 11.5. The van der Waals surface area contributed by atoms with Crippen LogP contribution in [0.15, 0.2) is 41.5 Å². The highest BCUT2D eigenvalue weighted by molar-refractivity contribution is 7.80. The van der Waals surface area contributed by atoms with Gasteiger partial charge >= 0.3 is 0 Å². The SMILES string of the molecule is CCOc1cc(C=NNC(N)=S)cc(Cl)c1OCc1ccccc1Cl. The molecule has 0 fully saturated rings. The molecule has 0 saturated carbocycles. The molecule has 8 heteroatoms. The van der Waals surface area contributed by atoms with Crippen LogP contribution in [0.1, 0.15) is 18.1 Å². The van der Waals surface area contributed by atoms with Crippen LogP contribution in [0.3, 0.4) is 0 Å². The quantitative estimate of drug-likeness (QED) is 0.417. The number of rotatable bonds is 7. The van der Waals surface area contributed by atoms with E-state index in [0.717, 1.165) is 5.56 Å². The van der Waals surface area contributed by atoms with Crippen molar-refractivity contribution in [1.82, 2.24) is 5.43 Å². The average molecular weight is 398 g/mol. The molecule has 3 N–H and O–H groups in total. The molecule has 2 aromatic carbocycles. The first kappa shape index (κ1) is 19.3. The number of nitrogens with zero attached hydrogens (tertiary/aromatic N) is 1. The Morgan fingerprint density at radius 3 is 2.68 bits per heavy atom. The number of hydrogen-bond acceptors (Lipinski definition) is 4. The van der Waals surface area contributed by atoms with E-state index in [4.69, 9.17) is 38.4 Å². The molecule has 0 aliphatic rings. The summed E-state index contributed by atoms with van der Waals surface area (Å²) in [4.78, 5) is 0. The maximum absolute atomic E-state index is 6.35. The normalized spacial score (nSPS) is 10.7. The van der Waals surface area contributed by atoms with Crippen molar-refractivity contribution in [3.05, 3.63) is 57.6 Å². The summed E-state index contributed by atoms with van der Waals surface area (Å²) in [5.41, 5.74) is 9.37. The fourth-order valence-electron chi connectivity index (χ4n) is 2.00. The molecule has 0 aromatic heterocycles. The lowest BCUT2D eigenvalue weighted by atomic mass is 10.2. The van der Waals surface area contributed by atoms with Gasteiger partial charge < -0.3 is 15.2 Å². The lowest BCUT2D eigenvalue weighted by Crippen LogP contribution is -2.23. The molecule has 0 atom stereocenters. The van der Waals surface area contributed by atoms with E-state index in [0.29, 0.717) is 33.7 Å². The molecule has 132 valence electrons. The van der Waals surface area contributed by atoms with Crippen LogP contribution in [0, 0.1) is 0 Å². The van der Waals surface area contributed by atoms with E-state index < -0.39 is 0 Å². The van der Waals surface area contributed by atoms with Crippen LogP contribution in [0.25, 0.3) is 0 Å². The third-order valence-electron chi connectivity index (χ3n) is 3.05. The van der Waals surface area contributed by atoms with Crippen LogP contribution < -0.4 is 20.6 Å². The number of nitrogens with one attached hydrogen (secondary N) is 1. The topological polar surface area (TPSA) is 68.9 Å². The molecule has 0 unspecified atom stereocenters. The smallest absolute Gasteiger partial charge is 0.184 e. The molecule has 0 amide bonds. The Kier molecular flexibility index (Phi) is 7.31. The minimum atomic E-state index is 0.0760. The molecule has 25 heavy (non-hydrogen) atoms. The molecule has 0 saturated heterocycles. The minimum Gasteiger partial charge on any atom is -0.490 e. The summed E-state index contributed by atoms with van der Waals surface area (Å²) in [5.74, 6) is 0.960. The second kappa shape index (κ2) is 9.46. The van der Waals surface area contributed by atoms with Crippen molar-refractivity contribution in [3.8, 4) is 11.5 Å². The lowest BCUT2D eigenvalue weighted by molar-refractivity contribution is 0.269. The van der Waals surface area contributed by atoms with Gasteiger partial charge in [-0.15, -0.1) is 0 Å². The molecule has 0 spiro atoms. The Morgan fingerprint density at radius 2 is 2.00 bits per heavy atom. The zero-order valence-electron chi connectivity index (χ0n) is 13.5. The van der Waals surface area contributed by atoms with Crippen LogP contribution in [0.5, 0.6) is 11.5 Å². The van der Waals surface area contributed by atoms with Crippen molar-refractivity contribution >= 4 is 46.7 Å². The molecule has 2 rings (SSSR count). The molecule has 0 bridgehead atoms. The van der Waals surface area contributed by atoms with E-state index >= 15 is 0 Å². The zero-order chi connectivity index (χ0) is 18.2. The van der Waals surface area contributed by atoms with Gasteiger partial charge in [-0.1, -0.05) is 41.4 Å². The Hall–Kier alpha value is -2.02. The van der Waals surface area contributed by atoms with Crippen LogP contribution in [-0.2, 0) is 6.61 Å². The molecular weight excluding hydrogens is 381 g/mol. The van der Waals surface area contributed by atoms with Gasteiger partial charge in [-0.05, 0) is 42.9 Å². The number of benzene rings is 2. The Morgan fingerprint density at radius 1 is 1.24 bits per heavy atom. The molecule has 0 aliphatic heterocycles. The highest BCUT2D eigenvalue weighted by Crippen LogP contribution is 2.37. The van der Waals surface area contributed by atoms with Crippen LogP contribution in [-0.4, -0.2) is 17.9 Å². The van der Waals surface area contributed by atoms with Crippen molar-refractivity contribution in [2.45, 2.75) is 13.5 Å². The van der Waals surface area contributed by atoms with E-state index in [1.54, 1.807) is 18.2 Å². The summed E-state index contributed by atoms with van der Waals surface area (Å²) in [5, 5.41) is 5.01. The molecular formula is C17H17Cl2N3O2S. The number of hydrogen-bond donors (Lipinski definition) is 2. The number of halogens is 2. The Balaban J connectivity index is 2.23. The lowest BCUT2D eigenvalue weighted by Gasteiger charge is -2.15. The summed E-state index contributed by atoms with van der Waals surface area (Å²) in [6, 6.07) is 10.9. The summed E-state index contributed by atoms with van der Waals surface area (Å²) >= 11 is 17.2. The van der Waals surface area contributed by atoms with E-state index in [2.05, 4.69) is 22.7 Å². The van der Waals surface area contributed by atoms with Crippen LogP contribution in [0.2, 0.25) is 10.0 Å². The predicted octanol–water partition coefficient (Wildman–Crippen LogP) is 4.14.